The van der Waals surface area contributed by atoms with Crippen LogP contribution in [0.2, 0.25) is 0 Å². The van der Waals surface area contributed by atoms with Crippen LogP contribution in [-0.2, 0) is 17.1 Å². The molecule has 0 bridgehead atoms. The van der Waals surface area contributed by atoms with Crippen LogP contribution < -0.4 is 0 Å². The largest absolute Gasteiger partial charge is 4.00 e. The van der Waals surface area contributed by atoms with E-state index in [1.165, 1.54) is 0 Å². The number of rotatable bonds is 0. The van der Waals surface area contributed by atoms with Crippen molar-refractivity contribution in [2.45, 2.75) is 0 Å². The fourth-order valence-electron chi connectivity index (χ4n) is 0. The van der Waals surface area contributed by atoms with Gasteiger partial charge in [-0.3, -0.25) is 0 Å². The van der Waals surface area contributed by atoms with Crippen LogP contribution in [0.4, 0.5) is 0 Å². The van der Waals surface area contributed by atoms with Gasteiger partial charge in [0.25, 0.3) is 0 Å². The van der Waals surface area contributed by atoms with E-state index in [2.05, 4.69) is 0 Å². The average Bonchev–Trinajstić information content (AvgIpc) is 0. The second-order valence-corrected chi connectivity index (χ2v) is 0. The molecule has 0 aliphatic carbocycles. The van der Waals surface area contributed by atoms with Crippen LogP contribution in [0.1, 0.15) is 0 Å². The molecule has 0 atom stereocenters. The fraction of sp³-hybridized carbons (Fsp3) is 0. The summed E-state index contributed by atoms with van der Waals surface area (Å²) in [6.07, 6.45) is 0. The summed E-state index contributed by atoms with van der Waals surface area (Å²) in [5, 5.41) is 0. The Morgan fingerprint density at radius 1 is 0.600 bits per heavy atom. The summed E-state index contributed by atoms with van der Waals surface area (Å²) in [6.45, 7) is 0. The molecule has 29 valence electrons. The molecule has 0 aliphatic heterocycles. The molecule has 5 heavy (non-hydrogen) atoms. The van der Waals surface area contributed by atoms with Crippen molar-refractivity contribution in [3.05, 3.63) is 0 Å². The third-order valence-electron chi connectivity index (χ3n) is 0. The Labute approximate surface area is 78.5 Å². The maximum absolute atomic E-state index is 0. The van der Waals surface area contributed by atoms with Gasteiger partial charge in [-0.2, -0.15) is 0 Å². The number of hydrogen-bond donors (Lipinski definition) is 0. The zero-order valence-corrected chi connectivity index (χ0v) is 9.42. The molecule has 0 unspecified atom stereocenters. The molecule has 1 radical (unpaired) electrons. The van der Waals surface area contributed by atoms with Gasteiger partial charge in [-0.25, -0.2) is 0 Å². The van der Waals surface area contributed by atoms with Crippen molar-refractivity contribution in [1.29, 1.82) is 0 Å². The molecule has 0 nitrogen and oxygen atoms in total. The first kappa shape index (κ1) is 54.9. The molecule has 0 aromatic heterocycles. The Morgan fingerprint density at radius 2 is 0.600 bits per heavy atom. The maximum atomic E-state index is 0. The van der Waals surface area contributed by atoms with Crippen LogP contribution in [0, 0.1) is 0 Å². The Hall–Kier alpha value is 2.29. The zero-order valence-electron chi connectivity index (χ0n) is 2.10. The van der Waals surface area contributed by atoms with E-state index < -0.39 is 0 Å². The summed E-state index contributed by atoms with van der Waals surface area (Å²) in [4.78, 5) is 0. The molecular formula is MnSe3Si. The van der Waals surface area contributed by atoms with Crippen LogP contribution >= 0.6 is 0 Å². The van der Waals surface area contributed by atoms with Crippen molar-refractivity contribution < 1.29 is 17.1 Å². The van der Waals surface area contributed by atoms with E-state index in [4.69, 9.17) is 0 Å². The Morgan fingerprint density at radius 3 is 0.600 bits per heavy atom. The van der Waals surface area contributed by atoms with Crippen LogP contribution in [0.25, 0.3) is 0 Å². The first-order valence-corrected chi connectivity index (χ1v) is 0. The predicted molar refractivity (Wildman–Crippen MR) is 23.0 cm³/mol. The van der Waals surface area contributed by atoms with Gasteiger partial charge in [0.2, 0.25) is 0 Å². The molecule has 0 aromatic rings. The van der Waals surface area contributed by atoms with E-state index in [9.17, 15) is 0 Å². The summed E-state index contributed by atoms with van der Waals surface area (Å²) in [6, 6.07) is 0. The van der Waals surface area contributed by atoms with E-state index in [1.807, 2.05) is 0 Å². The van der Waals surface area contributed by atoms with Gasteiger partial charge in [-0.1, -0.05) is 0 Å². The molecule has 0 aliphatic rings. The van der Waals surface area contributed by atoms with E-state index in [0.29, 0.717) is 0 Å². The summed E-state index contributed by atoms with van der Waals surface area (Å²) in [5.41, 5.74) is 0. The van der Waals surface area contributed by atoms with Crippen molar-refractivity contribution in [3.63, 3.8) is 0 Å². The molecule has 0 amide bonds. The van der Waals surface area contributed by atoms with Gasteiger partial charge in [0.1, 0.15) is 0 Å². The monoisotopic (exact) mass is 323 g/mol. The molecule has 0 aromatic carbocycles. The number of hydrogen-bond acceptors (Lipinski definition) is 0. The van der Waals surface area contributed by atoms with Gasteiger partial charge >= 0.3 is 28.0 Å². The van der Waals surface area contributed by atoms with Gasteiger partial charge in [0.15, 0.2) is 0 Å². The normalized spacial score (nSPS) is 0. The minimum absolute atomic E-state index is 0. The summed E-state index contributed by atoms with van der Waals surface area (Å²) < 4.78 is 0. The van der Waals surface area contributed by atoms with Crippen molar-refractivity contribution in [1.82, 2.24) is 0 Å². The van der Waals surface area contributed by atoms with Crippen molar-refractivity contribution in [2.24, 2.45) is 0 Å². The molecule has 0 rings (SSSR count). The van der Waals surface area contributed by atoms with E-state index in [-0.39, 0.29) is 79.2 Å². The third kappa shape index (κ3) is 22.0. The van der Waals surface area contributed by atoms with E-state index in [0.717, 1.165) is 0 Å². The first-order chi connectivity index (χ1) is 0. The summed E-state index contributed by atoms with van der Waals surface area (Å²) >= 11 is 0. The SMILES string of the molecule is [Mn+2].[Se-2].[Se-2].[Se-2].[Si+4]. The van der Waals surface area contributed by atoms with Gasteiger partial charge < -0.3 is 51.2 Å². The van der Waals surface area contributed by atoms with Crippen LogP contribution in [-0.4, -0.2) is 62.2 Å². The standard InChI is InChI=1S/Mn.3Se.Si/q+2;3*-2;+4. The minimum Gasteiger partial charge on any atom is -2.00 e. The Kier molecular flexibility index (Phi) is 368. The Bertz CT molecular complexity index is 6.85. The van der Waals surface area contributed by atoms with E-state index in [1.54, 1.807) is 0 Å². The van der Waals surface area contributed by atoms with Crippen LogP contribution in [0.5, 0.6) is 0 Å². The topological polar surface area (TPSA) is 0 Å². The molecule has 0 saturated carbocycles. The molecule has 5 heteroatoms. The third-order valence-corrected chi connectivity index (χ3v) is 0. The van der Waals surface area contributed by atoms with Gasteiger partial charge in [0, 0.05) is 0 Å². The van der Waals surface area contributed by atoms with Crippen LogP contribution in [0.15, 0.2) is 0 Å². The van der Waals surface area contributed by atoms with Crippen molar-refractivity contribution >= 4 is 62.2 Å². The second-order valence-electron chi connectivity index (χ2n) is 0. The van der Waals surface area contributed by atoms with Gasteiger partial charge in [-0.15, -0.1) is 0 Å². The molecular weight excluding hydrogens is 320 g/mol. The average molecular weight is 320 g/mol. The molecule has 0 saturated heterocycles. The van der Waals surface area contributed by atoms with Crippen molar-refractivity contribution in [3.8, 4) is 0 Å². The molecule has 0 heterocycles. The quantitative estimate of drug-likeness (QED) is 0.476. The summed E-state index contributed by atoms with van der Waals surface area (Å²) in [7, 11) is 0. The Balaban J connectivity index is 0. The van der Waals surface area contributed by atoms with Crippen LogP contribution in [0.3, 0.4) is 0 Å². The fourth-order valence-corrected chi connectivity index (χ4v) is 0. The molecule has 0 spiro atoms. The summed E-state index contributed by atoms with van der Waals surface area (Å²) in [5.74, 6) is 0. The second kappa shape index (κ2) is 33.5. The van der Waals surface area contributed by atoms with Gasteiger partial charge in [0.05, 0.1) is 0 Å². The molecule has 0 N–H and O–H groups in total. The minimum atomic E-state index is 0. The maximum Gasteiger partial charge on any atom is 4.00 e. The van der Waals surface area contributed by atoms with Crippen molar-refractivity contribution in [2.75, 3.05) is 0 Å². The first-order valence-electron chi connectivity index (χ1n) is 0. The van der Waals surface area contributed by atoms with E-state index >= 15 is 0 Å². The molecule has 0 fully saturated rings. The van der Waals surface area contributed by atoms with Gasteiger partial charge in [-0.05, 0) is 0 Å². The smallest absolute Gasteiger partial charge is 2.00 e. The zero-order chi connectivity index (χ0) is 0. The predicted octanol–water partition coefficient (Wildman–Crippen LogP) is -1.53.